The fraction of sp³-hybridized carbons (Fsp3) is 0.320. The van der Waals surface area contributed by atoms with Crippen LogP contribution in [0.2, 0.25) is 0 Å². The quantitative estimate of drug-likeness (QED) is 0.146. The number of carbonyl (C=O) groups is 2. The van der Waals surface area contributed by atoms with Crippen molar-refractivity contribution in [2.75, 3.05) is 13.2 Å². The van der Waals surface area contributed by atoms with Crippen LogP contribution in [0.3, 0.4) is 0 Å². The number of carbonyl (C=O) groups excluding carboxylic acids is 2. The van der Waals surface area contributed by atoms with Crippen LogP contribution in [0.25, 0.3) is 6.08 Å². The van der Waals surface area contributed by atoms with Gasteiger partial charge in [-0.05, 0) is 42.7 Å². The van der Waals surface area contributed by atoms with E-state index in [-0.39, 0.29) is 12.5 Å². The first-order chi connectivity index (χ1) is 16.0. The molecule has 1 heterocycles. The molecule has 1 aliphatic rings. The molecule has 8 heteroatoms. The van der Waals surface area contributed by atoms with E-state index in [0.29, 0.717) is 33.6 Å². The molecule has 2 aromatic rings. The summed E-state index contributed by atoms with van der Waals surface area (Å²) in [5.74, 6) is -0.127. The molecule has 1 aliphatic heterocycles. The van der Waals surface area contributed by atoms with Crippen LogP contribution in [0.5, 0.6) is 5.75 Å². The Morgan fingerprint density at radius 1 is 1.15 bits per heavy atom. The maximum Gasteiger partial charge on any atom is 0.333 e. The Bertz CT molecular complexity index is 1040. The second-order valence-electron chi connectivity index (χ2n) is 7.42. The van der Waals surface area contributed by atoms with Gasteiger partial charge in [0.15, 0.2) is 6.04 Å². The van der Waals surface area contributed by atoms with Gasteiger partial charge in [-0.15, -0.1) is 0 Å². The molecule has 3 rings (SSSR count). The lowest BCUT2D eigenvalue weighted by molar-refractivity contribution is -0.151. The molecule has 0 aliphatic carbocycles. The average Bonchev–Trinajstić information content (AvgIpc) is 3.08. The lowest BCUT2D eigenvalue weighted by Crippen LogP contribution is -2.38. The first kappa shape index (κ1) is 25.5. The summed E-state index contributed by atoms with van der Waals surface area (Å²) < 4.78 is 12.5. The van der Waals surface area contributed by atoms with Gasteiger partial charge in [-0.25, -0.2) is 4.79 Å². The SMILES string of the molecule is CCCCOc1ccc(Br)cc1/C=C1/SC(=S)N(C(C(=O)OCCC)c2ccccc2)C1=O. The first-order valence-corrected chi connectivity index (χ1v) is 12.9. The standard InChI is InChI=1S/C25H26BrNO4S2/c1-3-5-14-30-20-12-11-19(26)15-18(20)16-21-23(28)27(25(32)33-21)22(24(29)31-13-4-2)17-9-7-6-8-10-17/h6-12,15-16,22H,3-5,13-14H2,1-2H3/b21-16+. The van der Waals surface area contributed by atoms with Crippen LogP contribution in [0.15, 0.2) is 57.9 Å². The minimum Gasteiger partial charge on any atom is -0.493 e. The number of amides is 1. The lowest BCUT2D eigenvalue weighted by Gasteiger charge is -2.25. The number of thiocarbonyl (C=S) groups is 1. The molecule has 1 unspecified atom stereocenters. The summed E-state index contributed by atoms with van der Waals surface area (Å²) in [6.45, 7) is 4.90. The predicted molar refractivity (Wildman–Crippen MR) is 140 cm³/mol. The topological polar surface area (TPSA) is 55.8 Å². The molecule has 174 valence electrons. The van der Waals surface area contributed by atoms with Gasteiger partial charge in [0.1, 0.15) is 10.1 Å². The van der Waals surface area contributed by atoms with E-state index in [4.69, 9.17) is 21.7 Å². The number of esters is 1. The van der Waals surface area contributed by atoms with Gasteiger partial charge in [0.2, 0.25) is 0 Å². The molecule has 0 spiro atoms. The molecule has 0 bridgehead atoms. The van der Waals surface area contributed by atoms with E-state index in [1.165, 1.54) is 16.7 Å². The Labute approximate surface area is 212 Å². The second kappa shape index (κ2) is 12.3. The predicted octanol–water partition coefficient (Wildman–Crippen LogP) is 6.52. The van der Waals surface area contributed by atoms with Gasteiger partial charge < -0.3 is 9.47 Å². The van der Waals surface area contributed by atoms with E-state index in [9.17, 15) is 9.59 Å². The Morgan fingerprint density at radius 3 is 2.61 bits per heavy atom. The summed E-state index contributed by atoms with van der Waals surface area (Å²) in [5, 5.41) is 0. The zero-order chi connectivity index (χ0) is 23.8. The third-order valence-electron chi connectivity index (χ3n) is 4.88. The van der Waals surface area contributed by atoms with E-state index in [2.05, 4.69) is 22.9 Å². The van der Waals surface area contributed by atoms with Gasteiger partial charge in [0.05, 0.1) is 18.1 Å². The summed E-state index contributed by atoms with van der Waals surface area (Å²) in [6, 6.07) is 13.9. The van der Waals surface area contributed by atoms with Gasteiger partial charge in [-0.1, -0.05) is 90.5 Å². The van der Waals surface area contributed by atoms with E-state index < -0.39 is 12.0 Å². The normalized spacial score (nSPS) is 15.7. The van der Waals surface area contributed by atoms with Gasteiger partial charge in [-0.3, -0.25) is 9.69 Å². The van der Waals surface area contributed by atoms with Crippen molar-refractivity contribution in [3.63, 3.8) is 0 Å². The minimum atomic E-state index is -0.932. The molecule has 1 saturated heterocycles. The minimum absolute atomic E-state index is 0.281. The number of thioether (sulfide) groups is 1. The molecule has 0 N–H and O–H groups in total. The van der Waals surface area contributed by atoms with Crippen LogP contribution in [0.1, 0.15) is 50.3 Å². The van der Waals surface area contributed by atoms with Crippen molar-refractivity contribution in [3.05, 3.63) is 69.0 Å². The molecule has 1 amide bonds. The summed E-state index contributed by atoms with van der Waals surface area (Å²) in [4.78, 5) is 28.2. The molecule has 1 atom stereocenters. The number of ether oxygens (including phenoxy) is 2. The van der Waals surface area contributed by atoms with Crippen LogP contribution in [0.4, 0.5) is 0 Å². The van der Waals surface area contributed by atoms with Gasteiger partial charge in [-0.2, -0.15) is 0 Å². The van der Waals surface area contributed by atoms with Crippen LogP contribution in [0, 0.1) is 0 Å². The molecule has 2 aromatic carbocycles. The molecular formula is C25H26BrNO4S2. The van der Waals surface area contributed by atoms with Crippen LogP contribution >= 0.6 is 39.9 Å². The number of rotatable bonds is 10. The Balaban J connectivity index is 1.94. The summed E-state index contributed by atoms with van der Waals surface area (Å²) in [5.41, 5.74) is 1.42. The molecule has 33 heavy (non-hydrogen) atoms. The smallest absolute Gasteiger partial charge is 0.333 e. The van der Waals surface area contributed by atoms with Gasteiger partial charge in [0.25, 0.3) is 5.91 Å². The number of hydrogen-bond acceptors (Lipinski definition) is 6. The van der Waals surface area contributed by atoms with Crippen LogP contribution in [-0.2, 0) is 14.3 Å². The van der Waals surface area contributed by atoms with Crippen LogP contribution in [-0.4, -0.2) is 34.3 Å². The molecule has 0 radical (unpaired) electrons. The molecule has 0 saturated carbocycles. The zero-order valence-corrected chi connectivity index (χ0v) is 21.8. The first-order valence-electron chi connectivity index (χ1n) is 10.9. The van der Waals surface area contributed by atoms with E-state index in [1.54, 1.807) is 18.2 Å². The zero-order valence-electron chi connectivity index (χ0n) is 18.6. The molecule has 1 fully saturated rings. The highest BCUT2D eigenvalue weighted by Crippen LogP contribution is 2.40. The highest BCUT2D eigenvalue weighted by molar-refractivity contribution is 9.10. The molecule has 5 nitrogen and oxygen atoms in total. The summed E-state index contributed by atoms with van der Waals surface area (Å²) in [7, 11) is 0. The lowest BCUT2D eigenvalue weighted by atomic mass is 10.1. The maximum absolute atomic E-state index is 13.5. The number of nitrogens with zero attached hydrogens (tertiary/aromatic N) is 1. The highest BCUT2D eigenvalue weighted by Gasteiger charge is 2.42. The number of halogens is 1. The van der Waals surface area contributed by atoms with Crippen molar-refractivity contribution >= 4 is 62.2 Å². The number of hydrogen-bond donors (Lipinski definition) is 0. The number of benzene rings is 2. The van der Waals surface area contributed by atoms with Crippen molar-refractivity contribution in [1.29, 1.82) is 0 Å². The maximum atomic E-state index is 13.5. The van der Waals surface area contributed by atoms with Gasteiger partial charge >= 0.3 is 5.97 Å². The highest BCUT2D eigenvalue weighted by atomic mass is 79.9. The van der Waals surface area contributed by atoms with Crippen molar-refractivity contribution in [3.8, 4) is 5.75 Å². The van der Waals surface area contributed by atoms with Crippen molar-refractivity contribution in [1.82, 2.24) is 4.90 Å². The van der Waals surface area contributed by atoms with Crippen molar-refractivity contribution in [2.24, 2.45) is 0 Å². The second-order valence-corrected chi connectivity index (χ2v) is 10.0. The third kappa shape index (κ3) is 6.46. The van der Waals surface area contributed by atoms with E-state index in [0.717, 1.165) is 22.9 Å². The fourth-order valence-electron chi connectivity index (χ4n) is 3.24. The van der Waals surface area contributed by atoms with E-state index in [1.807, 2.05) is 43.3 Å². The van der Waals surface area contributed by atoms with Crippen molar-refractivity contribution in [2.45, 2.75) is 39.2 Å². The Hall–Kier alpha value is -2.16. The van der Waals surface area contributed by atoms with Crippen molar-refractivity contribution < 1.29 is 19.1 Å². The molecular weight excluding hydrogens is 522 g/mol. The van der Waals surface area contributed by atoms with Crippen LogP contribution < -0.4 is 4.74 Å². The Kier molecular flexibility index (Phi) is 9.52. The monoisotopic (exact) mass is 547 g/mol. The van der Waals surface area contributed by atoms with E-state index >= 15 is 0 Å². The fourth-order valence-corrected chi connectivity index (χ4v) is 4.92. The third-order valence-corrected chi connectivity index (χ3v) is 6.71. The van der Waals surface area contributed by atoms with Gasteiger partial charge in [0, 0.05) is 10.0 Å². The Morgan fingerprint density at radius 2 is 1.91 bits per heavy atom. The largest absolute Gasteiger partial charge is 0.493 e. The average molecular weight is 549 g/mol. The summed E-state index contributed by atoms with van der Waals surface area (Å²) in [6.07, 6.45) is 4.43. The molecule has 0 aromatic heterocycles. The summed E-state index contributed by atoms with van der Waals surface area (Å²) >= 11 is 10.2. The number of unbranched alkanes of at least 4 members (excludes halogenated alkanes) is 1.